The number of unbranched alkanes of at least 4 members (excludes halogenated alkanes) is 30. The van der Waals surface area contributed by atoms with Crippen LogP contribution in [0.3, 0.4) is 0 Å². The van der Waals surface area contributed by atoms with E-state index in [1.165, 1.54) is 173 Å². The van der Waals surface area contributed by atoms with Crippen molar-refractivity contribution in [3.8, 4) is 0 Å². The Bertz CT molecular complexity index is 982. The lowest BCUT2D eigenvalue weighted by Gasteiger charge is -2.24. The Hall–Kier alpha value is -1.06. The van der Waals surface area contributed by atoms with Gasteiger partial charge in [0.25, 0.3) is 0 Å². The van der Waals surface area contributed by atoms with Crippen LogP contribution < -0.4 is 11.1 Å². The van der Waals surface area contributed by atoms with Crippen molar-refractivity contribution in [3.05, 3.63) is 24.3 Å². The van der Waals surface area contributed by atoms with Gasteiger partial charge in [-0.05, 0) is 32.1 Å². The SMILES string of the molecule is CCCCCCCCCCCCC/C=C/CC/C=C/C(O)C(COP(=O)(O)OCCN)NC(=O)CC(O)CCCCCCCCCCCCCCCCCCCCC. The highest BCUT2D eigenvalue weighted by atomic mass is 31.2. The van der Waals surface area contributed by atoms with Crippen LogP contribution in [-0.4, -0.2) is 59.0 Å². The van der Waals surface area contributed by atoms with Gasteiger partial charge in [0.2, 0.25) is 5.91 Å². The van der Waals surface area contributed by atoms with Gasteiger partial charge in [-0.15, -0.1) is 0 Å². The molecule has 0 saturated carbocycles. The molecule has 0 spiro atoms. The number of amides is 1. The first-order chi connectivity index (χ1) is 28.3. The Balaban J connectivity index is 4.24. The number of hydrogen-bond donors (Lipinski definition) is 5. The van der Waals surface area contributed by atoms with Gasteiger partial charge in [-0.2, -0.15) is 0 Å². The molecule has 0 aliphatic rings. The lowest BCUT2D eigenvalue weighted by atomic mass is 10.0. The summed E-state index contributed by atoms with van der Waals surface area (Å²) < 4.78 is 22.1. The minimum atomic E-state index is -4.41. The van der Waals surface area contributed by atoms with Crippen LogP contribution >= 0.6 is 7.82 Å². The highest BCUT2D eigenvalue weighted by Crippen LogP contribution is 2.43. The van der Waals surface area contributed by atoms with Crippen molar-refractivity contribution in [3.63, 3.8) is 0 Å². The Morgan fingerprint density at radius 2 is 0.983 bits per heavy atom. The van der Waals surface area contributed by atoms with Crippen LogP contribution in [0.1, 0.15) is 239 Å². The first-order valence-corrected chi connectivity index (χ1v) is 26.0. The van der Waals surface area contributed by atoms with Gasteiger partial charge in [0.05, 0.1) is 37.9 Å². The van der Waals surface area contributed by atoms with Crippen molar-refractivity contribution in [2.24, 2.45) is 5.73 Å². The van der Waals surface area contributed by atoms with Gasteiger partial charge in [-0.1, -0.05) is 224 Å². The molecule has 4 atom stereocenters. The molecule has 0 rings (SSSR count). The van der Waals surface area contributed by atoms with Gasteiger partial charge in [-0.3, -0.25) is 13.8 Å². The molecule has 0 aliphatic heterocycles. The van der Waals surface area contributed by atoms with Crippen LogP contribution in [0.4, 0.5) is 0 Å². The number of hydrogen-bond acceptors (Lipinski definition) is 7. The van der Waals surface area contributed by atoms with E-state index in [1.807, 2.05) is 6.08 Å². The van der Waals surface area contributed by atoms with Gasteiger partial charge >= 0.3 is 7.82 Å². The van der Waals surface area contributed by atoms with Crippen LogP contribution in [0.2, 0.25) is 0 Å². The summed E-state index contributed by atoms with van der Waals surface area (Å²) in [5.74, 6) is -0.452. The molecule has 58 heavy (non-hydrogen) atoms. The summed E-state index contributed by atoms with van der Waals surface area (Å²) >= 11 is 0. The lowest BCUT2D eigenvalue weighted by molar-refractivity contribution is -0.124. The van der Waals surface area contributed by atoms with Crippen molar-refractivity contribution in [2.75, 3.05) is 19.8 Å². The fourth-order valence-electron chi connectivity index (χ4n) is 7.37. The average molecular weight is 843 g/mol. The molecule has 4 unspecified atom stereocenters. The second kappa shape index (κ2) is 44.0. The third kappa shape index (κ3) is 41.7. The highest BCUT2D eigenvalue weighted by Gasteiger charge is 2.27. The predicted octanol–water partition coefficient (Wildman–Crippen LogP) is 13.1. The second-order valence-electron chi connectivity index (χ2n) is 16.9. The van der Waals surface area contributed by atoms with E-state index >= 15 is 0 Å². The molecule has 10 heteroatoms. The third-order valence-corrected chi connectivity index (χ3v) is 12.1. The zero-order chi connectivity index (χ0) is 42.6. The molecule has 0 aromatic rings. The fraction of sp³-hybridized carbons (Fsp3) is 0.896. The third-order valence-electron chi connectivity index (χ3n) is 11.1. The normalized spacial score (nSPS) is 14.7. The average Bonchev–Trinajstić information content (AvgIpc) is 3.20. The molecule has 0 radical (unpaired) electrons. The predicted molar refractivity (Wildman–Crippen MR) is 246 cm³/mol. The minimum absolute atomic E-state index is 0.0462. The van der Waals surface area contributed by atoms with E-state index in [2.05, 4.69) is 31.3 Å². The van der Waals surface area contributed by atoms with Gasteiger partial charge < -0.3 is 26.2 Å². The maximum Gasteiger partial charge on any atom is 0.472 e. The standard InChI is InChI=1S/C48H95N2O7P/c1-3-5-7-9-11-13-15-17-19-21-22-24-25-27-29-31-33-35-37-39-45(51)43-48(53)50-46(44-57-58(54,55)56-42-41-49)47(52)40-38-36-34-32-30-28-26-23-20-18-16-14-12-10-8-6-4-2/h30,32,38,40,45-47,51-52H,3-29,31,33-37,39,41-44,49H2,1-2H3,(H,50,53)(H,54,55)/b32-30+,40-38+. The maximum absolute atomic E-state index is 12.8. The number of phosphoric acid groups is 1. The number of carbonyl (C=O) groups is 1. The van der Waals surface area contributed by atoms with Crippen molar-refractivity contribution >= 4 is 13.7 Å². The zero-order valence-electron chi connectivity index (χ0n) is 37.9. The Morgan fingerprint density at radius 3 is 1.43 bits per heavy atom. The van der Waals surface area contributed by atoms with Gasteiger partial charge in [0.15, 0.2) is 0 Å². The van der Waals surface area contributed by atoms with E-state index in [0.717, 1.165) is 32.1 Å². The molecule has 1 amide bonds. The van der Waals surface area contributed by atoms with Crippen molar-refractivity contribution in [1.82, 2.24) is 5.32 Å². The van der Waals surface area contributed by atoms with Crippen molar-refractivity contribution in [1.29, 1.82) is 0 Å². The number of rotatable bonds is 46. The number of aliphatic hydroxyl groups is 2. The quantitative estimate of drug-likeness (QED) is 0.0231. The summed E-state index contributed by atoms with van der Waals surface area (Å²) in [7, 11) is -4.41. The molecule has 0 fully saturated rings. The number of nitrogens with one attached hydrogen (secondary N) is 1. The van der Waals surface area contributed by atoms with Gasteiger partial charge in [0.1, 0.15) is 0 Å². The second-order valence-corrected chi connectivity index (χ2v) is 18.3. The van der Waals surface area contributed by atoms with Gasteiger partial charge in [-0.25, -0.2) is 4.57 Å². The molecule has 0 saturated heterocycles. The Morgan fingerprint density at radius 1 is 0.586 bits per heavy atom. The molecule has 344 valence electrons. The highest BCUT2D eigenvalue weighted by molar-refractivity contribution is 7.47. The number of allylic oxidation sites excluding steroid dienone is 3. The monoisotopic (exact) mass is 843 g/mol. The summed E-state index contributed by atoms with van der Waals surface area (Å²) in [6.45, 7) is 3.98. The first kappa shape index (κ1) is 56.9. The Labute approximate surface area is 358 Å². The fourth-order valence-corrected chi connectivity index (χ4v) is 8.13. The Kier molecular flexibility index (Phi) is 43.2. The molecule has 0 bridgehead atoms. The number of phosphoric ester groups is 1. The zero-order valence-corrected chi connectivity index (χ0v) is 38.8. The van der Waals surface area contributed by atoms with E-state index < -0.39 is 38.6 Å². The van der Waals surface area contributed by atoms with Crippen molar-refractivity contribution in [2.45, 2.75) is 257 Å². The molecule has 6 N–H and O–H groups in total. The summed E-state index contributed by atoms with van der Waals surface area (Å²) in [6, 6.07) is -0.996. The lowest BCUT2D eigenvalue weighted by Crippen LogP contribution is -2.46. The van der Waals surface area contributed by atoms with E-state index in [0.29, 0.717) is 12.8 Å². The van der Waals surface area contributed by atoms with E-state index in [1.54, 1.807) is 6.08 Å². The number of aliphatic hydroxyl groups excluding tert-OH is 2. The molecular formula is C48H95N2O7P. The summed E-state index contributed by atoms with van der Waals surface area (Å²) in [5, 5.41) is 24.1. The molecular weight excluding hydrogens is 748 g/mol. The van der Waals surface area contributed by atoms with E-state index in [-0.39, 0.29) is 19.6 Å². The van der Waals surface area contributed by atoms with E-state index in [9.17, 15) is 24.5 Å². The smallest absolute Gasteiger partial charge is 0.393 e. The first-order valence-electron chi connectivity index (χ1n) is 24.5. The molecule has 0 aromatic carbocycles. The van der Waals surface area contributed by atoms with Crippen LogP contribution in [0.15, 0.2) is 24.3 Å². The van der Waals surface area contributed by atoms with Gasteiger partial charge in [0, 0.05) is 6.54 Å². The summed E-state index contributed by atoms with van der Waals surface area (Å²) in [5.41, 5.74) is 5.37. The van der Waals surface area contributed by atoms with Crippen LogP contribution in [0, 0.1) is 0 Å². The largest absolute Gasteiger partial charge is 0.472 e. The number of carbonyl (C=O) groups excluding carboxylic acids is 1. The molecule has 0 heterocycles. The van der Waals surface area contributed by atoms with Crippen LogP contribution in [0.25, 0.3) is 0 Å². The minimum Gasteiger partial charge on any atom is -0.393 e. The summed E-state index contributed by atoms with van der Waals surface area (Å²) in [6.07, 6.45) is 48.4. The van der Waals surface area contributed by atoms with Crippen LogP contribution in [-0.2, 0) is 18.4 Å². The maximum atomic E-state index is 12.8. The molecule has 0 aromatic heterocycles. The molecule has 0 aliphatic carbocycles. The topological polar surface area (TPSA) is 151 Å². The van der Waals surface area contributed by atoms with Crippen LogP contribution in [0.5, 0.6) is 0 Å². The number of nitrogens with two attached hydrogens (primary N) is 1. The van der Waals surface area contributed by atoms with E-state index in [4.69, 9.17) is 14.8 Å². The molecule has 9 nitrogen and oxygen atoms in total. The van der Waals surface area contributed by atoms with Crippen molar-refractivity contribution < 1.29 is 33.5 Å². The summed E-state index contributed by atoms with van der Waals surface area (Å²) in [4.78, 5) is 22.8.